The summed E-state index contributed by atoms with van der Waals surface area (Å²) in [6.07, 6.45) is 10.9. The zero-order valence-electron chi connectivity index (χ0n) is 9.71. The van der Waals surface area contributed by atoms with E-state index in [1.807, 2.05) is 0 Å². The second-order valence-electron chi connectivity index (χ2n) is 6.03. The summed E-state index contributed by atoms with van der Waals surface area (Å²) in [4.78, 5) is 11.5. The fraction of sp³-hybridized carbons (Fsp3) is 0.923. The Balaban J connectivity index is 1.65. The number of aliphatic carboxylic acids is 1. The van der Waals surface area contributed by atoms with Gasteiger partial charge in [0.15, 0.2) is 0 Å². The van der Waals surface area contributed by atoms with Gasteiger partial charge in [-0.15, -0.1) is 11.8 Å². The van der Waals surface area contributed by atoms with Crippen molar-refractivity contribution in [3.63, 3.8) is 0 Å². The fourth-order valence-electron chi connectivity index (χ4n) is 3.80. The van der Waals surface area contributed by atoms with Gasteiger partial charge in [0.2, 0.25) is 0 Å². The van der Waals surface area contributed by atoms with Gasteiger partial charge in [-0.25, -0.2) is 0 Å². The van der Waals surface area contributed by atoms with E-state index in [2.05, 4.69) is 0 Å². The van der Waals surface area contributed by atoms with Gasteiger partial charge >= 0.3 is 5.97 Å². The second-order valence-corrected chi connectivity index (χ2v) is 7.71. The van der Waals surface area contributed by atoms with Crippen molar-refractivity contribution >= 4 is 17.7 Å². The molecule has 0 bridgehead atoms. The minimum Gasteiger partial charge on any atom is -0.480 e. The number of thioether (sulfide) groups is 1. The SMILES string of the molecule is O=C(O)C1(SC2CCCC2)CC2(CCC2)C1. The van der Waals surface area contributed by atoms with Crippen LogP contribution in [-0.4, -0.2) is 21.1 Å². The zero-order valence-corrected chi connectivity index (χ0v) is 10.5. The van der Waals surface area contributed by atoms with E-state index < -0.39 is 10.7 Å². The van der Waals surface area contributed by atoms with E-state index in [0.29, 0.717) is 10.7 Å². The van der Waals surface area contributed by atoms with E-state index in [1.54, 1.807) is 11.8 Å². The molecular formula is C13H20O2S. The van der Waals surface area contributed by atoms with Gasteiger partial charge in [0.25, 0.3) is 0 Å². The van der Waals surface area contributed by atoms with Crippen molar-refractivity contribution in [3.8, 4) is 0 Å². The molecule has 3 rings (SSSR count). The van der Waals surface area contributed by atoms with Crippen LogP contribution in [0.25, 0.3) is 0 Å². The number of rotatable bonds is 3. The van der Waals surface area contributed by atoms with E-state index >= 15 is 0 Å². The van der Waals surface area contributed by atoms with Crippen LogP contribution in [0.4, 0.5) is 0 Å². The highest BCUT2D eigenvalue weighted by atomic mass is 32.2. The molecule has 0 aromatic rings. The quantitative estimate of drug-likeness (QED) is 0.821. The Kier molecular flexibility index (Phi) is 2.50. The maximum atomic E-state index is 11.5. The maximum absolute atomic E-state index is 11.5. The molecule has 0 aromatic heterocycles. The summed E-state index contributed by atoms with van der Waals surface area (Å²) in [7, 11) is 0. The molecule has 3 heteroatoms. The van der Waals surface area contributed by atoms with E-state index in [-0.39, 0.29) is 0 Å². The minimum absolute atomic E-state index is 0.393. The number of carboxylic acids is 1. The van der Waals surface area contributed by atoms with Crippen molar-refractivity contribution in [2.24, 2.45) is 5.41 Å². The highest BCUT2D eigenvalue weighted by Crippen LogP contribution is 2.66. The lowest BCUT2D eigenvalue weighted by molar-refractivity contribution is -0.149. The third kappa shape index (κ3) is 1.59. The molecule has 0 aliphatic heterocycles. The first kappa shape index (κ1) is 10.9. The Morgan fingerprint density at radius 1 is 1.12 bits per heavy atom. The smallest absolute Gasteiger partial charge is 0.319 e. The topological polar surface area (TPSA) is 37.3 Å². The van der Waals surface area contributed by atoms with Gasteiger partial charge in [-0.05, 0) is 43.9 Å². The van der Waals surface area contributed by atoms with Gasteiger partial charge < -0.3 is 5.11 Å². The normalized spacial score (nSPS) is 31.0. The Morgan fingerprint density at radius 2 is 1.75 bits per heavy atom. The van der Waals surface area contributed by atoms with Gasteiger partial charge in [-0.2, -0.15) is 0 Å². The van der Waals surface area contributed by atoms with Crippen LogP contribution in [0.1, 0.15) is 57.8 Å². The molecule has 0 heterocycles. The molecule has 3 aliphatic carbocycles. The van der Waals surface area contributed by atoms with Crippen LogP contribution in [0.5, 0.6) is 0 Å². The molecule has 16 heavy (non-hydrogen) atoms. The lowest BCUT2D eigenvalue weighted by Crippen LogP contribution is -2.58. The van der Waals surface area contributed by atoms with Crippen molar-refractivity contribution < 1.29 is 9.90 Å². The highest BCUT2D eigenvalue weighted by Gasteiger charge is 2.61. The highest BCUT2D eigenvalue weighted by molar-refractivity contribution is 8.02. The molecule has 0 radical (unpaired) electrons. The van der Waals surface area contributed by atoms with Crippen LogP contribution >= 0.6 is 11.8 Å². The van der Waals surface area contributed by atoms with Crippen molar-refractivity contribution in [2.75, 3.05) is 0 Å². The molecule has 1 N–H and O–H groups in total. The maximum Gasteiger partial charge on any atom is 0.319 e. The van der Waals surface area contributed by atoms with Crippen molar-refractivity contribution in [2.45, 2.75) is 67.8 Å². The van der Waals surface area contributed by atoms with Crippen LogP contribution in [0, 0.1) is 5.41 Å². The molecule has 2 nitrogen and oxygen atoms in total. The molecule has 90 valence electrons. The number of hydrogen-bond donors (Lipinski definition) is 1. The molecule has 0 amide bonds. The lowest BCUT2D eigenvalue weighted by Gasteiger charge is -2.59. The Hall–Kier alpha value is -0.180. The average Bonchev–Trinajstić information content (AvgIpc) is 2.59. The summed E-state index contributed by atoms with van der Waals surface area (Å²) < 4.78 is -0.393. The average molecular weight is 240 g/mol. The van der Waals surface area contributed by atoms with E-state index in [0.717, 1.165) is 12.8 Å². The number of carboxylic acid groups (broad SMARTS) is 1. The zero-order chi connectivity index (χ0) is 11.2. The monoisotopic (exact) mass is 240 g/mol. The van der Waals surface area contributed by atoms with Crippen LogP contribution in [0.2, 0.25) is 0 Å². The van der Waals surface area contributed by atoms with E-state index in [9.17, 15) is 9.90 Å². The summed E-state index contributed by atoms with van der Waals surface area (Å²) in [5.74, 6) is -0.540. The first-order valence-corrected chi connectivity index (χ1v) is 7.44. The third-order valence-electron chi connectivity index (χ3n) is 4.82. The van der Waals surface area contributed by atoms with Crippen molar-refractivity contribution in [1.29, 1.82) is 0 Å². The number of hydrogen-bond acceptors (Lipinski definition) is 2. The first-order chi connectivity index (χ1) is 7.64. The second kappa shape index (κ2) is 3.66. The summed E-state index contributed by atoms with van der Waals surface area (Å²) in [6, 6.07) is 0. The summed E-state index contributed by atoms with van der Waals surface area (Å²) in [6.45, 7) is 0. The molecule has 0 atom stereocenters. The molecule has 0 unspecified atom stereocenters. The van der Waals surface area contributed by atoms with Gasteiger partial charge in [0.1, 0.15) is 4.75 Å². The minimum atomic E-state index is -0.540. The molecule has 0 aromatic carbocycles. The third-order valence-corrected chi connectivity index (χ3v) is 6.54. The van der Waals surface area contributed by atoms with Crippen molar-refractivity contribution in [1.82, 2.24) is 0 Å². The molecule has 0 saturated heterocycles. The molecule has 1 spiro atoms. The van der Waals surface area contributed by atoms with E-state index in [1.165, 1.54) is 44.9 Å². The molecule has 3 aliphatic rings. The summed E-state index contributed by atoms with van der Waals surface area (Å²) in [5.41, 5.74) is 0.462. The first-order valence-electron chi connectivity index (χ1n) is 6.56. The summed E-state index contributed by atoms with van der Waals surface area (Å²) in [5, 5.41) is 10.1. The molecule has 3 fully saturated rings. The standard InChI is InChI=1S/C13H20O2S/c14-11(15)13(16-10-4-1-2-5-10)8-12(9-13)6-3-7-12/h10H,1-9H2,(H,14,15). The van der Waals surface area contributed by atoms with Gasteiger partial charge in [-0.3, -0.25) is 4.79 Å². The fourth-order valence-corrected chi connectivity index (χ4v) is 5.89. The van der Waals surface area contributed by atoms with Crippen LogP contribution in [0.15, 0.2) is 0 Å². The van der Waals surface area contributed by atoms with Crippen LogP contribution in [-0.2, 0) is 4.79 Å². The molecule has 3 saturated carbocycles. The lowest BCUT2D eigenvalue weighted by atomic mass is 9.51. The van der Waals surface area contributed by atoms with Crippen LogP contribution < -0.4 is 0 Å². The molecular weight excluding hydrogens is 220 g/mol. The van der Waals surface area contributed by atoms with Gasteiger partial charge in [0.05, 0.1) is 0 Å². The number of carbonyl (C=O) groups is 1. The Labute approximate surface area is 101 Å². The van der Waals surface area contributed by atoms with Crippen molar-refractivity contribution in [3.05, 3.63) is 0 Å². The summed E-state index contributed by atoms with van der Waals surface area (Å²) >= 11 is 1.80. The Morgan fingerprint density at radius 3 is 2.19 bits per heavy atom. The Bertz CT molecular complexity index is 295. The predicted molar refractivity (Wildman–Crippen MR) is 65.7 cm³/mol. The van der Waals surface area contributed by atoms with Gasteiger partial charge in [-0.1, -0.05) is 19.3 Å². The van der Waals surface area contributed by atoms with Crippen LogP contribution in [0.3, 0.4) is 0 Å². The predicted octanol–water partition coefficient (Wildman–Crippen LogP) is 3.45. The largest absolute Gasteiger partial charge is 0.480 e. The van der Waals surface area contributed by atoms with E-state index in [4.69, 9.17) is 0 Å². The van der Waals surface area contributed by atoms with Gasteiger partial charge in [0, 0.05) is 5.25 Å².